The number of para-hydroxylation sites is 2. The highest BCUT2D eigenvalue weighted by Gasteiger charge is 2.32. The van der Waals surface area contributed by atoms with E-state index in [4.69, 9.17) is 4.74 Å². The zero-order chi connectivity index (χ0) is 11.6. The third-order valence-electron chi connectivity index (χ3n) is 2.25. The summed E-state index contributed by atoms with van der Waals surface area (Å²) >= 11 is 0. The van der Waals surface area contributed by atoms with E-state index in [1.165, 1.54) is 18.2 Å². The Morgan fingerprint density at radius 2 is 1.75 bits per heavy atom. The van der Waals surface area contributed by atoms with E-state index in [9.17, 15) is 13.2 Å². The summed E-state index contributed by atoms with van der Waals surface area (Å²) in [6, 6.07) is 5.82. The van der Waals surface area contributed by atoms with Crippen LogP contribution >= 0.6 is 0 Å². The molecule has 0 aliphatic heterocycles. The second kappa shape index (κ2) is 4.23. The Labute approximate surface area is 91.0 Å². The number of rotatable bonds is 4. The van der Waals surface area contributed by atoms with Gasteiger partial charge in [0.25, 0.3) is 0 Å². The Hall–Kier alpha value is -1.39. The minimum Gasteiger partial charge on any atom is -0.489 e. The summed E-state index contributed by atoms with van der Waals surface area (Å²) in [5.74, 6) is 0.348. The van der Waals surface area contributed by atoms with Crippen LogP contribution in [0.15, 0.2) is 24.3 Å². The molecule has 1 saturated carbocycles. The van der Waals surface area contributed by atoms with Gasteiger partial charge < -0.3 is 9.47 Å². The van der Waals surface area contributed by atoms with Crippen molar-refractivity contribution in [3.63, 3.8) is 0 Å². The summed E-state index contributed by atoms with van der Waals surface area (Å²) in [6.45, 7) is 0.457. The van der Waals surface area contributed by atoms with E-state index in [1.54, 1.807) is 6.07 Å². The van der Waals surface area contributed by atoms with E-state index >= 15 is 0 Å². The molecule has 2 rings (SSSR count). The minimum atomic E-state index is -4.68. The average molecular weight is 232 g/mol. The van der Waals surface area contributed by atoms with Crippen LogP contribution in [0.1, 0.15) is 12.8 Å². The van der Waals surface area contributed by atoms with Gasteiger partial charge in [-0.15, -0.1) is 13.2 Å². The molecule has 0 amide bonds. The molecule has 1 aliphatic carbocycles. The van der Waals surface area contributed by atoms with E-state index < -0.39 is 6.36 Å². The first-order valence-corrected chi connectivity index (χ1v) is 5.02. The van der Waals surface area contributed by atoms with Crippen LogP contribution in [0.5, 0.6) is 11.5 Å². The van der Waals surface area contributed by atoms with E-state index in [0.717, 1.165) is 12.8 Å². The molecule has 0 spiro atoms. The quantitative estimate of drug-likeness (QED) is 0.792. The summed E-state index contributed by atoms with van der Waals surface area (Å²) in [6.07, 6.45) is -2.51. The van der Waals surface area contributed by atoms with E-state index in [1.807, 2.05) is 0 Å². The van der Waals surface area contributed by atoms with Crippen molar-refractivity contribution in [3.8, 4) is 11.5 Å². The predicted octanol–water partition coefficient (Wildman–Crippen LogP) is 3.37. The summed E-state index contributed by atoms with van der Waals surface area (Å²) < 4.78 is 45.3. The Morgan fingerprint density at radius 3 is 2.31 bits per heavy atom. The minimum absolute atomic E-state index is 0.145. The number of ether oxygens (including phenoxy) is 2. The van der Waals surface area contributed by atoms with Gasteiger partial charge in [0.05, 0.1) is 6.61 Å². The topological polar surface area (TPSA) is 18.5 Å². The van der Waals surface area contributed by atoms with Gasteiger partial charge in [-0.2, -0.15) is 0 Å². The molecule has 1 aliphatic rings. The number of benzene rings is 1. The van der Waals surface area contributed by atoms with Crippen LogP contribution in [-0.4, -0.2) is 13.0 Å². The Kier molecular flexibility index (Phi) is 2.94. The average Bonchev–Trinajstić information content (AvgIpc) is 2.98. The fourth-order valence-electron chi connectivity index (χ4n) is 1.27. The van der Waals surface area contributed by atoms with Gasteiger partial charge >= 0.3 is 6.36 Å². The molecule has 0 saturated heterocycles. The molecule has 0 bridgehead atoms. The first-order valence-electron chi connectivity index (χ1n) is 5.02. The highest BCUT2D eigenvalue weighted by atomic mass is 19.4. The second-order valence-electron chi connectivity index (χ2n) is 3.75. The third-order valence-corrected chi connectivity index (χ3v) is 2.25. The maximum absolute atomic E-state index is 12.1. The number of hydrogen-bond donors (Lipinski definition) is 0. The lowest BCUT2D eigenvalue weighted by molar-refractivity contribution is -0.275. The van der Waals surface area contributed by atoms with Gasteiger partial charge in [0.15, 0.2) is 11.5 Å². The van der Waals surface area contributed by atoms with E-state index in [-0.39, 0.29) is 11.5 Å². The molecule has 0 atom stereocenters. The Bertz CT molecular complexity index is 358. The van der Waals surface area contributed by atoms with Gasteiger partial charge in [-0.1, -0.05) is 12.1 Å². The van der Waals surface area contributed by atoms with Crippen LogP contribution in [-0.2, 0) is 0 Å². The molecule has 0 N–H and O–H groups in total. The molecule has 5 heteroatoms. The van der Waals surface area contributed by atoms with Crippen molar-refractivity contribution in [1.82, 2.24) is 0 Å². The van der Waals surface area contributed by atoms with Gasteiger partial charge in [0, 0.05) is 0 Å². The van der Waals surface area contributed by atoms with Crippen LogP contribution in [0.2, 0.25) is 0 Å². The van der Waals surface area contributed by atoms with E-state index in [0.29, 0.717) is 12.5 Å². The van der Waals surface area contributed by atoms with Gasteiger partial charge in [0.2, 0.25) is 0 Å². The highest BCUT2D eigenvalue weighted by Crippen LogP contribution is 2.34. The predicted molar refractivity (Wildman–Crippen MR) is 51.3 cm³/mol. The normalized spacial score (nSPS) is 15.9. The van der Waals surface area contributed by atoms with Crippen molar-refractivity contribution in [3.05, 3.63) is 24.3 Å². The summed E-state index contributed by atoms with van der Waals surface area (Å²) in [4.78, 5) is 0. The fraction of sp³-hybridized carbons (Fsp3) is 0.455. The standard InChI is InChI=1S/C11H11F3O2/c12-11(13,14)16-10-4-2-1-3-9(10)15-7-8-5-6-8/h1-4,8H,5-7H2. The number of alkyl halides is 3. The maximum Gasteiger partial charge on any atom is 0.573 e. The van der Waals surface area contributed by atoms with Gasteiger partial charge in [-0.05, 0) is 30.9 Å². The molecule has 2 nitrogen and oxygen atoms in total. The van der Waals surface area contributed by atoms with Crippen molar-refractivity contribution in [1.29, 1.82) is 0 Å². The van der Waals surface area contributed by atoms with Gasteiger partial charge in [0.1, 0.15) is 0 Å². The van der Waals surface area contributed by atoms with Crippen molar-refractivity contribution < 1.29 is 22.6 Å². The third kappa shape index (κ3) is 3.32. The SMILES string of the molecule is FC(F)(F)Oc1ccccc1OCC1CC1. The van der Waals surface area contributed by atoms with Crippen LogP contribution in [0.4, 0.5) is 13.2 Å². The molecule has 1 aromatic carbocycles. The molecule has 0 heterocycles. The van der Waals surface area contributed by atoms with Crippen molar-refractivity contribution in [2.75, 3.05) is 6.61 Å². The zero-order valence-corrected chi connectivity index (χ0v) is 8.46. The van der Waals surface area contributed by atoms with Gasteiger partial charge in [-0.25, -0.2) is 0 Å². The summed E-state index contributed by atoms with van der Waals surface area (Å²) in [7, 11) is 0. The van der Waals surface area contributed by atoms with Gasteiger partial charge in [-0.3, -0.25) is 0 Å². The lowest BCUT2D eigenvalue weighted by Crippen LogP contribution is -2.17. The Morgan fingerprint density at radius 1 is 1.12 bits per heavy atom. The lowest BCUT2D eigenvalue weighted by atomic mass is 10.3. The van der Waals surface area contributed by atoms with Crippen molar-refractivity contribution in [2.24, 2.45) is 5.92 Å². The van der Waals surface area contributed by atoms with Crippen LogP contribution in [0.25, 0.3) is 0 Å². The maximum atomic E-state index is 12.1. The number of hydrogen-bond acceptors (Lipinski definition) is 2. The first kappa shape index (κ1) is 11.1. The van der Waals surface area contributed by atoms with E-state index in [2.05, 4.69) is 4.74 Å². The van der Waals surface area contributed by atoms with Crippen LogP contribution < -0.4 is 9.47 Å². The van der Waals surface area contributed by atoms with Crippen molar-refractivity contribution >= 4 is 0 Å². The lowest BCUT2D eigenvalue weighted by Gasteiger charge is -2.13. The molecule has 0 unspecified atom stereocenters. The molecular weight excluding hydrogens is 221 g/mol. The van der Waals surface area contributed by atoms with Crippen molar-refractivity contribution in [2.45, 2.75) is 19.2 Å². The largest absolute Gasteiger partial charge is 0.573 e. The fourth-order valence-corrected chi connectivity index (χ4v) is 1.27. The molecular formula is C11H11F3O2. The molecule has 16 heavy (non-hydrogen) atoms. The monoisotopic (exact) mass is 232 g/mol. The molecule has 1 aromatic rings. The molecule has 0 radical (unpaired) electrons. The number of halogens is 3. The second-order valence-corrected chi connectivity index (χ2v) is 3.75. The summed E-state index contributed by atoms with van der Waals surface area (Å²) in [5, 5.41) is 0. The molecule has 88 valence electrons. The molecule has 1 fully saturated rings. The highest BCUT2D eigenvalue weighted by molar-refractivity contribution is 5.39. The van der Waals surface area contributed by atoms with Crippen LogP contribution in [0, 0.1) is 5.92 Å². The first-order chi connectivity index (χ1) is 7.54. The van der Waals surface area contributed by atoms with Crippen LogP contribution in [0.3, 0.4) is 0 Å². The smallest absolute Gasteiger partial charge is 0.489 e. The zero-order valence-electron chi connectivity index (χ0n) is 8.46. The Balaban J connectivity index is 2.03. The molecule has 0 aromatic heterocycles. The summed E-state index contributed by atoms with van der Waals surface area (Å²) in [5.41, 5.74) is 0.